The molecule has 2 aliphatic heterocycles. The van der Waals surface area contributed by atoms with Gasteiger partial charge in [-0.2, -0.15) is 0 Å². The summed E-state index contributed by atoms with van der Waals surface area (Å²) in [5, 5.41) is 0. The average molecular weight is 267 g/mol. The van der Waals surface area contributed by atoms with Crippen LogP contribution < -0.4 is 0 Å². The molecule has 108 valence electrons. The maximum absolute atomic E-state index is 12.2. The van der Waals surface area contributed by atoms with Crippen molar-refractivity contribution in [2.24, 2.45) is 0 Å². The monoisotopic (exact) mass is 267 g/mol. The first kappa shape index (κ1) is 14.2. The number of nitrogens with zero attached hydrogens (tertiary/aromatic N) is 3. The summed E-state index contributed by atoms with van der Waals surface area (Å²) >= 11 is 0. The van der Waals surface area contributed by atoms with Crippen molar-refractivity contribution in [3.05, 3.63) is 0 Å². The number of urea groups is 1. The molecule has 0 bridgehead atoms. The summed E-state index contributed by atoms with van der Waals surface area (Å²) in [5.41, 5.74) is 0. The summed E-state index contributed by atoms with van der Waals surface area (Å²) in [5.74, 6) is 0.245. The number of carbonyl (C=O) groups is 2. The minimum Gasteiger partial charge on any atom is -0.339 e. The van der Waals surface area contributed by atoms with Gasteiger partial charge in [-0.05, 0) is 19.3 Å². The van der Waals surface area contributed by atoms with E-state index in [4.69, 9.17) is 0 Å². The highest BCUT2D eigenvalue weighted by Gasteiger charge is 2.27. The third-order valence-electron chi connectivity index (χ3n) is 4.02. The van der Waals surface area contributed by atoms with Crippen molar-refractivity contribution in [1.82, 2.24) is 14.7 Å². The van der Waals surface area contributed by atoms with E-state index in [9.17, 15) is 9.59 Å². The predicted octanol–water partition coefficient (Wildman–Crippen LogP) is 1.54. The molecule has 0 aromatic carbocycles. The summed E-state index contributed by atoms with van der Waals surface area (Å²) in [7, 11) is 0. The number of likely N-dealkylation sites (tertiary alicyclic amines) is 1. The van der Waals surface area contributed by atoms with Crippen molar-refractivity contribution in [2.45, 2.75) is 39.0 Å². The molecular weight excluding hydrogens is 242 g/mol. The van der Waals surface area contributed by atoms with Gasteiger partial charge in [0.15, 0.2) is 0 Å². The number of piperazine rings is 1. The van der Waals surface area contributed by atoms with Crippen LogP contribution in [0.25, 0.3) is 0 Å². The topological polar surface area (TPSA) is 43.9 Å². The van der Waals surface area contributed by atoms with E-state index in [-0.39, 0.29) is 11.9 Å². The zero-order chi connectivity index (χ0) is 13.7. The first-order valence-corrected chi connectivity index (χ1v) is 7.54. The van der Waals surface area contributed by atoms with Gasteiger partial charge in [0.25, 0.3) is 0 Å². The second-order valence-corrected chi connectivity index (χ2v) is 5.45. The van der Waals surface area contributed by atoms with Crippen LogP contribution in [0.3, 0.4) is 0 Å². The lowest BCUT2D eigenvalue weighted by Crippen LogP contribution is -2.53. The Kier molecular flexibility index (Phi) is 5.05. The van der Waals surface area contributed by atoms with Gasteiger partial charge >= 0.3 is 6.03 Å². The summed E-state index contributed by atoms with van der Waals surface area (Å²) in [4.78, 5) is 29.8. The largest absolute Gasteiger partial charge is 0.339 e. The molecule has 2 fully saturated rings. The maximum atomic E-state index is 12.2. The van der Waals surface area contributed by atoms with Gasteiger partial charge in [-0.25, -0.2) is 4.79 Å². The van der Waals surface area contributed by atoms with Crippen LogP contribution in [0.15, 0.2) is 0 Å². The average Bonchev–Trinajstić information content (AvgIpc) is 2.98. The zero-order valence-corrected chi connectivity index (χ0v) is 11.9. The van der Waals surface area contributed by atoms with Crippen molar-refractivity contribution in [2.75, 3.05) is 39.3 Å². The van der Waals surface area contributed by atoms with Crippen LogP contribution in [0.2, 0.25) is 0 Å². The number of hydrogen-bond acceptors (Lipinski definition) is 2. The number of hydrogen-bond donors (Lipinski definition) is 0. The minimum atomic E-state index is 0.165. The molecule has 2 heterocycles. The first-order valence-electron chi connectivity index (χ1n) is 7.54. The van der Waals surface area contributed by atoms with Gasteiger partial charge in [0.2, 0.25) is 5.91 Å². The van der Waals surface area contributed by atoms with Gasteiger partial charge in [-0.15, -0.1) is 0 Å². The van der Waals surface area contributed by atoms with E-state index in [1.54, 1.807) is 0 Å². The Morgan fingerprint density at radius 2 is 1.37 bits per heavy atom. The molecule has 0 N–H and O–H groups in total. The third-order valence-corrected chi connectivity index (χ3v) is 4.02. The van der Waals surface area contributed by atoms with Crippen LogP contribution in [0, 0.1) is 0 Å². The fourth-order valence-corrected chi connectivity index (χ4v) is 2.74. The predicted molar refractivity (Wildman–Crippen MR) is 73.9 cm³/mol. The fraction of sp³-hybridized carbons (Fsp3) is 0.857. The Bertz CT molecular complexity index is 319. The Labute approximate surface area is 115 Å². The number of carbonyl (C=O) groups excluding carboxylic acids is 2. The summed E-state index contributed by atoms with van der Waals surface area (Å²) in [6.45, 7) is 6.66. The van der Waals surface area contributed by atoms with E-state index < -0.39 is 0 Å². The standard InChI is InChI=1S/C14H25N3O2/c1-2-3-6-13(18)15-9-11-17(12-10-15)14(19)16-7-4-5-8-16/h2-12H2,1H3. The molecular formula is C14H25N3O2. The maximum Gasteiger partial charge on any atom is 0.320 e. The van der Waals surface area contributed by atoms with Gasteiger partial charge in [0.05, 0.1) is 0 Å². The quantitative estimate of drug-likeness (QED) is 0.778. The van der Waals surface area contributed by atoms with Crippen LogP contribution in [0.5, 0.6) is 0 Å². The molecule has 0 spiro atoms. The minimum absolute atomic E-state index is 0.165. The lowest BCUT2D eigenvalue weighted by molar-refractivity contribution is -0.132. The van der Waals surface area contributed by atoms with E-state index >= 15 is 0 Å². The highest BCUT2D eigenvalue weighted by Crippen LogP contribution is 2.13. The summed E-state index contributed by atoms with van der Waals surface area (Å²) in [6, 6.07) is 0.165. The molecule has 2 rings (SSSR count). The highest BCUT2D eigenvalue weighted by atomic mass is 16.2. The van der Waals surface area contributed by atoms with Crippen molar-refractivity contribution in [1.29, 1.82) is 0 Å². The number of unbranched alkanes of at least 4 members (excludes halogenated alkanes) is 1. The lowest BCUT2D eigenvalue weighted by atomic mass is 10.2. The van der Waals surface area contributed by atoms with Gasteiger partial charge in [0, 0.05) is 45.7 Å². The van der Waals surface area contributed by atoms with Gasteiger partial charge in [-0.1, -0.05) is 13.3 Å². The molecule has 0 radical (unpaired) electrons. The van der Waals surface area contributed by atoms with Crippen molar-refractivity contribution in [3.8, 4) is 0 Å². The zero-order valence-electron chi connectivity index (χ0n) is 11.9. The molecule has 5 heteroatoms. The smallest absolute Gasteiger partial charge is 0.320 e. The summed E-state index contributed by atoms with van der Waals surface area (Å²) in [6.07, 6.45) is 4.92. The van der Waals surface area contributed by atoms with Gasteiger partial charge in [0.1, 0.15) is 0 Å². The SMILES string of the molecule is CCCCC(=O)N1CCN(C(=O)N2CCCC2)CC1. The Morgan fingerprint density at radius 1 is 0.842 bits per heavy atom. The fourth-order valence-electron chi connectivity index (χ4n) is 2.74. The van der Waals surface area contributed by atoms with E-state index in [1.807, 2.05) is 14.7 Å². The summed E-state index contributed by atoms with van der Waals surface area (Å²) < 4.78 is 0. The molecule has 0 saturated carbocycles. The van der Waals surface area contributed by atoms with E-state index in [0.717, 1.165) is 38.8 Å². The molecule has 3 amide bonds. The molecule has 2 aliphatic rings. The van der Waals surface area contributed by atoms with Crippen molar-refractivity contribution in [3.63, 3.8) is 0 Å². The molecule has 2 saturated heterocycles. The van der Waals surface area contributed by atoms with Gasteiger partial charge in [-0.3, -0.25) is 4.79 Å². The second kappa shape index (κ2) is 6.78. The molecule has 0 aromatic heterocycles. The molecule has 5 nitrogen and oxygen atoms in total. The van der Waals surface area contributed by atoms with Crippen LogP contribution in [-0.4, -0.2) is 65.9 Å². The highest BCUT2D eigenvalue weighted by molar-refractivity contribution is 5.77. The van der Waals surface area contributed by atoms with E-state index in [1.165, 1.54) is 0 Å². The Balaban J connectivity index is 1.75. The molecule has 19 heavy (non-hydrogen) atoms. The van der Waals surface area contributed by atoms with Crippen LogP contribution in [0.1, 0.15) is 39.0 Å². The molecule has 0 unspecified atom stereocenters. The first-order chi connectivity index (χ1) is 9.22. The molecule has 0 aliphatic carbocycles. The van der Waals surface area contributed by atoms with Gasteiger partial charge < -0.3 is 14.7 Å². The van der Waals surface area contributed by atoms with E-state index in [2.05, 4.69) is 6.92 Å². The number of rotatable bonds is 3. The van der Waals surface area contributed by atoms with Crippen LogP contribution in [0.4, 0.5) is 4.79 Å². The van der Waals surface area contributed by atoms with Crippen LogP contribution in [-0.2, 0) is 4.79 Å². The number of amides is 3. The second-order valence-electron chi connectivity index (χ2n) is 5.45. The molecule has 0 aromatic rings. The lowest BCUT2D eigenvalue weighted by Gasteiger charge is -2.36. The Hall–Kier alpha value is -1.26. The molecule has 0 atom stereocenters. The third kappa shape index (κ3) is 3.61. The Morgan fingerprint density at radius 3 is 1.95 bits per heavy atom. The van der Waals surface area contributed by atoms with Crippen molar-refractivity contribution >= 4 is 11.9 Å². The van der Waals surface area contributed by atoms with Crippen molar-refractivity contribution < 1.29 is 9.59 Å². The van der Waals surface area contributed by atoms with E-state index in [0.29, 0.717) is 32.6 Å². The normalized spacial score (nSPS) is 19.9. The van der Waals surface area contributed by atoms with Crippen LogP contribution >= 0.6 is 0 Å².